The number of benzene rings is 1. The van der Waals surface area contributed by atoms with Gasteiger partial charge in [-0.25, -0.2) is 0 Å². The Kier molecular flexibility index (Phi) is 14.2. The van der Waals surface area contributed by atoms with Crippen LogP contribution in [0.5, 0.6) is 0 Å². The van der Waals surface area contributed by atoms with E-state index in [0.29, 0.717) is 12.0 Å². The molecule has 0 bridgehead atoms. The molecule has 0 saturated carbocycles. The van der Waals surface area contributed by atoms with Crippen molar-refractivity contribution in [1.29, 1.82) is 0 Å². The fraction of sp³-hybridized carbons (Fsp3) is 0.619. The van der Waals surface area contributed by atoms with Gasteiger partial charge in [0.1, 0.15) is 0 Å². The summed E-state index contributed by atoms with van der Waals surface area (Å²) in [5, 5.41) is 19.2. The van der Waals surface area contributed by atoms with Crippen LogP contribution in [-0.4, -0.2) is 59.9 Å². The van der Waals surface area contributed by atoms with E-state index in [1.165, 1.54) is 38.5 Å². The molecule has 0 aromatic heterocycles. The van der Waals surface area contributed by atoms with Crippen LogP contribution in [0.15, 0.2) is 30.3 Å². The molecule has 1 rings (SSSR count). The van der Waals surface area contributed by atoms with Crippen LogP contribution in [0.1, 0.15) is 83.1 Å². The van der Waals surface area contributed by atoms with Gasteiger partial charge in [-0.1, -0.05) is 101 Å². The molecule has 0 saturated heterocycles. The summed E-state index contributed by atoms with van der Waals surface area (Å²) in [4.78, 5) is 23.5. The maximum atomic E-state index is 11.8. The summed E-state index contributed by atoms with van der Waals surface area (Å²) in [6.07, 6.45) is 11.5. The third-order valence-electron chi connectivity index (χ3n) is 4.90. The second-order valence-corrected chi connectivity index (χ2v) is 6.81. The fourth-order valence-electron chi connectivity index (χ4n) is 3.30. The molecule has 0 atom stereocenters. The average Bonchev–Trinajstić information content (AvgIpc) is 2.60. The molecule has 0 fully saturated rings. The Hall–Kier alpha value is -0.580. The van der Waals surface area contributed by atoms with Crippen molar-refractivity contribution >= 4 is 49.7 Å². The van der Waals surface area contributed by atoms with Gasteiger partial charge in [0.15, 0.2) is 5.41 Å². The molecule has 144 valence electrons. The summed E-state index contributed by atoms with van der Waals surface area (Å²) >= 11 is 0. The van der Waals surface area contributed by atoms with E-state index < -0.39 is 17.4 Å². The van der Waals surface area contributed by atoms with E-state index in [4.69, 9.17) is 0 Å². The van der Waals surface area contributed by atoms with Crippen LogP contribution in [-0.2, 0) is 15.0 Å². The number of hydrogen-bond donors (Lipinski definition) is 2. The second-order valence-electron chi connectivity index (χ2n) is 6.81. The Labute approximate surface area is 187 Å². The predicted molar refractivity (Wildman–Crippen MR) is 108 cm³/mol. The molecule has 0 spiro atoms. The first-order valence-corrected chi connectivity index (χ1v) is 9.58. The Bertz CT molecular complexity index is 502. The monoisotopic (exact) mass is 390 g/mol. The first-order chi connectivity index (χ1) is 12.1. The van der Waals surface area contributed by atoms with Gasteiger partial charge in [-0.15, -0.1) is 0 Å². The minimum atomic E-state index is -1.83. The van der Waals surface area contributed by atoms with Gasteiger partial charge in [-0.05, 0) is 12.0 Å². The summed E-state index contributed by atoms with van der Waals surface area (Å²) in [6, 6.07) is 8.33. The van der Waals surface area contributed by atoms with E-state index in [0.717, 1.165) is 19.3 Å². The van der Waals surface area contributed by atoms with Gasteiger partial charge < -0.3 is 10.2 Å². The molecule has 26 heavy (non-hydrogen) atoms. The molecule has 0 aliphatic rings. The van der Waals surface area contributed by atoms with Gasteiger partial charge in [-0.3, -0.25) is 9.59 Å². The van der Waals surface area contributed by atoms with Crippen LogP contribution >= 0.6 is 0 Å². The average molecular weight is 391 g/mol. The van der Waals surface area contributed by atoms with E-state index in [-0.39, 0.29) is 44.2 Å². The molecule has 0 radical (unpaired) electrons. The zero-order valence-electron chi connectivity index (χ0n) is 15.4. The fourth-order valence-corrected chi connectivity index (χ4v) is 3.30. The maximum absolute atomic E-state index is 11.8. The zero-order valence-corrected chi connectivity index (χ0v) is 15.4. The van der Waals surface area contributed by atoms with E-state index >= 15 is 0 Å². The molecule has 5 heteroatoms. The summed E-state index contributed by atoms with van der Waals surface area (Å²) < 4.78 is 0. The van der Waals surface area contributed by atoms with Gasteiger partial charge >= 0.3 is 49.7 Å². The third kappa shape index (κ3) is 7.98. The number of carboxylic acids is 2. The molecule has 2 N–H and O–H groups in total. The first kappa shape index (κ1) is 25.4. The van der Waals surface area contributed by atoms with Gasteiger partial charge in [0.05, 0.1) is 0 Å². The molecule has 0 aliphatic heterocycles. The molecular weight excluding hydrogens is 356 g/mol. The van der Waals surface area contributed by atoms with Crippen molar-refractivity contribution in [2.75, 3.05) is 0 Å². The summed E-state index contributed by atoms with van der Waals surface area (Å²) in [6.45, 7) is 2.21. The molecule has 0 unspecified atom stereocenters. The van der Waals surface area contributed by atoms with Gasteiger partial charge in [-0.2, -0.15) is 0 Å². The Morgan fingerprint density at radius 1 is 0.769 bits per heavy atom. The van der Waals surface area contributed by atoms with Gasteiger partial charge in [0, 0.05) is 0 Å². The van der Waals surface area contributed by atoms with Crippen LogP contribution in [0.25, 0.3) is 0 Å². The van der Waals surface area contributed by atoms with Crippen molar-refractivity contribution in [2.24, 2.45) is 0 Å². The molecule has 0 heterocycles. The van der Waals surface area contributed by atoms with E-state index in [1.54, 1.807) is 30.3 Å². The number of carbonyl (C=O) groups is 2. The van der Waals surface area contributed by atoms with Crippen LogP contribution in [0.2, 0.25) is 0 Å². The number of rotatable bonds is 14. The van der Waals surface area contributed by atoms with E-state index in [2.05, 4.69) is 6.92 Å². The minimum absolute atomic E-state index is 0. The number of hydrogen-bond acceptors (Lipinski definition) is 2. The second kappa shape index (κ2) is 14.5. The van der Waals surface area contributed by atoms with E-state index in [9.17, 15) is 19.8 Å². The predicted octanol–water partition coefficient (Wildman–Crippen LogP) is 4.49. The Morgan fingerprint density at radius 2 is 1.19 bits per heavy atom. The normalized spacial score (nSPS) is 11.0. The quantitative estimate of drug-likeness (QED) is 0.279. The van der Waals surface area contributed by atoms with Crippen molar-refractivity contribution in [2.45, 2.75) is 83.0 Å². The van der Waals surface area contributed by atoms with Crippen molar-refractivity contribution < 1.29 is 19.8 Å². The third-order valence-corrected chi connectivity index (χ3v) is 4.90. The van der Waals surface area contributed by atoms with Gasteiger partial charge in [0.2, 0.25) is 0 Å². The number of aliphatic carboxylic acids is 2. The molecule has 0 amide bonds. The Morgan fingerprint density at radius 3 is 1.62 bits per heavy atom. The van der Waals surface area contributed by atoms with Crippen molar-refractivity contribution in [3.63, 3.8) is 0 Å². The van der Waals surface area contributed by atoms with Crippen LogP contribution in [0.4, 0.5) is 0 Å². The SMILES string of the molecule is CCCCCCCCCCCCC(C(=O)O)(C(=O)O)c1ccccc1.[CaH2]. The molecular formula is C21H34CaO4. The van der Waals surface area contributed by atoms with Crippen LogP contribution < -0.4 is 0 Å². The van der Waals surface area contributed by atoms with Crippen molar-refractivity contribution in [3.05, 3.63) is 35.9 Å². The van der Waals surface area contributed by atoms with E-state index in [1.807, 2.05) is 0 Å². The standard InChI is InChI=1S/C21H32O4.Ca.2H/c1-2-3-4-5-6-7-8-9-10-14-17-21(19(22)23,20(24)25)18-15-12-11-13-16-18;;;/h11-13,15-16H,2-10,14,17H2,1H3,(H,22,23)(H,24,25);;;. The van der Waals surface area contributed by atoms with Crippen LogP contribution in [0.3, 0.4) is 0 Å². The molecule has 4 nitrogen and oxygen atoms in total. The summed E-state index contributed by atoms with van der Waals surface area (Å²) in [7, 11) is 0. The summed E-state index contributed by atoms with van der Waals surface area (Å²) in [5.41, 5.74) is -1.48. The van der Waals surface area contributed by atoms with Crippen molar-refractivity contribution in [3.8, 4) is 0 Å². The number of unbranched alkanes of at least 4 members (excludes halogenated alkanes) is 9. The molecule has 1 aromatic carbocycles. The van der Waals surface area contributed by atoms with Crippen LogP contribution in [0, 0.1) is 0 Å². The topological polar surface area (TPSA) is 74.6 Å². The molecule has 0 aliphatic carbocycles. The van der Waals surface area contributed by atoms with Crippen molar-refractivity contribution in [1.82, 2.24) is 0 Å². The zero-order chi connectivity index (χ0) is 18.5. The molecule has 1 aromatic rings. The summed E-state index contributed by atoms with van der Waals surface area (Å²) in [5.74, 6) is -2.55. The first-order valence-electron chi connectivity index (χ1n) is 9.58. The van der Waals surface area contributed by atoms with Gasteiger partial charge in [0.25, 0.3) is 0 Å². The Balaban J connectivity index is 0.00000625. The number of carboxylic acid groups (broad SMARTS) is 2.